The average molecular weight is 959 g/mol. The number of aliphatic hydroxyl groups is 12. The van der Waals surface area contributed by atoms with E-state index in [1.165, 1.54) is 116 Å². The zero-order chi connectivity index (χ0) is 49.3. The minimum atomic E-state index is -1.54. The van der Waals surface area contributed by atoms with Gasteiger partial charge in [-0.25, -0.2) is 0 Å². The third kappa shape index (κ3) is 25.9. The highest BCUT2D eigenvalue weighted by molar-refractivity contribution is 4.91. The van der Waals surface area contributed by atoms with Crippen molar-refractivity contribution in [1.82, 2.24) is 0 Å². The normalized spacial score (nSPS) is 28.5. The summed E-state index contributed by atoms with van der Waals surface area (Å²) in [5, 5.41) is 118. The van der Waals surface area contributed by atoms with Crippen LogP contribution in [0.15, 0.2) is 0 Å². The number of hydrogen-bond donors (Lipinski definition) is 14. The van der Waals surface area contributed by atoms with Gasteiger partial charge in [0.2, 0.25) is 0 Å². The lowest BCUT2D eigenvalue weighted by Crippen LogP contribution is -2.60. The fourth-order valence-electron chi connectivity index (χ4n) is 8.32. The molecule has 0 aromatic heterocycles. The number of hydrogen-bond acceptors (Lipinski definition) is 18. The maximum Gasteiger partial charge on any atom is 0.186 e. The minimum absolute atomic E-state index is 0.237. The van der Waals surface area contributed by atoms with Crippen LogP contribution in [0, 0.1) is 0 Å². The summed E-state index contributed by atoms with van der Waals surface area (Å²) in [6, 6.07) is -1.85. The molecule has 396 valence electrons. The van der Waals surface area contributed by atoms with Gasteiger partial charge in [0.05, 0.1) is 62.9 Å². The molecule has 2 aliphatic heterocycles. The quantitative estimate of drug-likeness (QED) is 0.0393. The van der Waals surface area contributed by atoms with Gasteiger partial charge in [-0.1, -0.05) is 168 Å². The first-order valence-electron chi connectivity index (χ1n) is 25.7. The van der Waals surface area contributed by atoms with Crippen LogP contribution in [0.3, 0.4) is 0 Å². The standard InChI is InChI=1S/2C24H49NO8/c2*1-2-3-4-5-6-7-8-9-10-11-12-13-14-18(27)20(28)17(25)16-32-24-23(31)22(30)21(29)19(15-26)33-24/h2*17-24,26-31H,2-16,25H2,1H3/t2*17-,18+,19?,20-,21?,22?,23?,24?/m00/s1. The molecule has 2 rings (SSSR count). The Kier molecular flexibility index (Phi) is 37.4. The van der Waals surface area contributed by atoms with Crippen LogP contribution in [0.5, 0.6) is 0 Å². The Morgan fingerprint density at radius 2 is 0.652 bits per heavy atom. The first-order valence-corrected chi connectivity index (χ1v) is 25.7. The molecule has 2 saturated heterocycles. The van der Waals surface area contributed by atoms with Gasteiger partial charge in [-0.15, -0.1) is 0 Å². The Morgan fingerprint density at radius 3 is 0.909 bits per heavy atom. The van der Waals surface area contributed by atoms with E-state index in [1.54, 1.807) is 0 Å². The third-order valence-corrected chi connectivity index (χ3v) is 13.0. The fraction of sp³-hybridized carbons (Fsp3) is 1.00. The molecule has 2 heterocycles. The Bertz CT molecular complexity index is 1020. The second-order valence-corrected chi connectivity index (χ2v) is 18.9. The maximum atomic E-state index is 10.3. The lowest BCUT2D eigenvalue weighted by Gasteiger charge is -2.40. The maximum absolute atomic E-state index is 10.3. The van der Waals surface area contributed by atoms with Gasteiger partial charge in [-0.05, 0) is 12.8 Å². The summed E-state index contributed by atoms with van der Waals surface area (Å²) in [6.45, 7) is 2.88. The van der Waals surface area contributed by atoms with E-state index in [2.05, 4.69) is 13.8 Å². The predicted molar refractivity (Wildman–Crippen MR) is 251 cm³/mol. The van der Waals surface area contributed by atoms with Crippen LogP contribution < -0.4 is 11.5 Å². The van der Waals surface area contributed by atoms with Gasteiger partial charge in [-0.3, -0.25) is 0 Å². The first-order chi connectivity index (χ1) is 31.7. The summed E-state index contributed by atoms with van der Waals surface area (Å²) in [5.41, 5.74) is 11.8. The van der Waals surface area contributed by atoms with E-state index in [0.29, 0.717) is 12.8 Å². The number of rotatable bonds is 38. The monoisotopic (exact) mass is 959 g/mol. The summed E-state index contributed by atoms with van der Waals surface area (Å²) in [5.74, 6) is 0. The van der Waals surface area contributed by atoms with Crippen LogP contribution in [0.2, 0.25) is 0 Å². The highest BCUT2D eigenvalue weighted by Crippen LogP contribution is 2.24. The Hall–Kier alpha value is -0.720. The van der Waals surface area contributed by atoms with Crippen molar-refractivity contribution in [3.8, 4) is 0 Å². The van der Waals surface area contributed by atoms with Gasteiger partial charge in [0.1, 0.15) is 48.8 Å². The van der Waals surface area contributed by atoms with E-state index in [0.717, 1.165) is 38.5 Å². The zero-order valence-electron chi connectivity index (χ0n) is 40.6. The van der Waals surface area contributed by atoms with Crippen molar-refractivity contribution in [1.29, 1.82) is 0 Å². The molecule has 16 atom stereocenters. The number of nitrogens with two attached hydrogens (primary N) is 2. The highest BCUT2D eigenvalue weighted by Gasteiger charge is 2.45. The molecule has 16 N–H and O–H groups in total. The lowest BCUT2D eigenvalue weighted by molar-refractivity contribution is -0.302. The smallest absolute Gasteiger partial charge is 0.186 e. The van der Waals surface area contributed by atoms with Crippen LogP contribution in [0.25, 0.3) is 0 Å². The van der Waals surface area contributed by atoms with Crippen molar-refractivity contribution in [2.24, 2.45) is 11.5 Å². The van der Waals surface area contributed by atoms with E-state index >= 15 is 0 Å². The van der Waals surface area contributed by atoms with Crippen molar-refractivity contribution < 1.29 is 80.2 Å². The molecule has 18 heteroatoms. The van der Waals surface area contributed by atoms with E-state index < -0.39 is 111 Å². The van der Waals surface area contributed by atoms with Crippen LogP contribution in [-0.4, -0.2) is 186 Å². The molecule has 0 bridgehead atoms. The highest BCUT2D eigenvalue weighted by atomic mass is 16.7. The summed E-state index contributed by atoms with van der Waals surface area (Å²) in [4.78, 5) is 0. The predicted octanol–water partition coefficient (Wildman–Crippen LogP) is 1.89. The fourth-order valence-corrected chi connectivity index (χ4v) is 8.32. The Morgan fingerprint density at radius 1 is 0.394 bits per heavy atom. The summed E-state index contributed by atoms with van der Waals surface area (Å²) in [7, 11) is 0. The summed E-state index contributed by atoms with van der Waals surface area (Å²) in [6.07, 6.45) is 11.9. The minimum Gasteiger partial charge on any atom is -0.394 e. The average Bonchev–Trinajstić information content (AvgIpc) is 3.32. The zero-order valence-corrected chi connectivity index (χ0v) is 40.6. The van der Waals surface area contributed by atoms with Crippen molar-refractivity contribution in [2.45, 2.75) is 279 Å². The molecule has 0 radical (unpaired) electrons. The lowest BCUT2D eigenvalue weighted by atomic mass is 9.99. The first kappa shape index (κ1) is 63.3. The second kappa shape index (κ2) is 39.0. The number of aliphatic hydroxyl groups excluding tert-OH is 12. The molecule has 0 spiro atoms. The largest absolute Gasteiger partial charge is 0.394 e. The third-order valence-electron chi connectivity index (χ3n) is 13.0. The molecule has 18 nitrogen and oxygen atoms in total. The van der Waals surface area contributed by atoms with Crippen molar-refractivity contribution in [3.05, 3.63) is 0 Å². The molecule has 2 fully saturated rings. The molecule has 0 aromatic rings. The summed E-state index contributed by atoms with van der Waals surface area (Å²) >= 11 is 0. The summed E-state index contributed by atoms with van der Waals surface area (Å²) < 4.78 is 21.2. The SMILES string of the molecule is CCCCCCCCCCCCCC[C@@H](O)[C@@H](O)[C@@H](N)COC1OC(CO)C(O)C(O)C1O.CCCCCCCCCCCCCC[C@@H](O)[C@@H](O)[C@@H](N)COC1OC(CO)C(O)C(O)C1O. The van der Waals surface area contributed by atoms with Gasteiger partial charge >= 0.3 is 0 Å². The van der Waals surface area contributed by atoms with E-state index in [1.807, 2.05) is 0 Å². The van der Waals surface area contributed by atoms with Gasteiger partial charge in [0, 0.05) is 0 Å². The number of ether oxygens (including phenoxy) is 4. The molecule has 0 saturated carbocycles. The van der Waals surface area contributed by atoms with E-state index in [9.17, 15) is 61.3 Å². The van der Waals surface area contributed by atoms with Crippen LogP contribution in [0.4, 0.5) is 0 Å². The van der Waals surface area contributed by atoms with Crippen molar-refractivity contribution in [3.63, 3.8) is 0 Å². The topological polar surface area (TPSA) is 332 Å². The molecule has 10 unspecified atom stereocenters. The van der Waals surface area contributed by atoms with Crippen LogP contribution in [-0.2, 0) is 18.9 Å². The Labute approximate surface area is 396 Å². The van der Waals surface area contributed by atoms with Gasteiger partial charge in [0.15, 0.2) is 12.6 Å². The molecular formula is C48H98N2O16. The molecule has 0 aliphatic carbocycles. The van der Waals surface area contributed by atoms with Gasteiger partial charge < -0.3 is 91.7 Å². The van der Waals surface area contributed by atoms with Crippen LogP contribution in [0.1, 0.15) is 181 Å². The Balaban J connectivity index is 0.000000660. The molecule has 66 heavy (non-hydrogen) atoms. The molecular weight excluding hydrogens is 861 g/mol. The molecule has 2 aliphatic rings. The number of unbranched alkanes of at least 4 members (excludes halogenated alkanes) is 22. The van der Waals surface area contributed by atoms with E-state index in [-0.39, 0.29) is 13.2 Å². The molecule has 0 amide bonds. The van der Waals surface area contributed by atoms with Crippen LogP contribution >= 0.6 is 0 Å². The molecule has 0 aromatic carbocycles. The van der Waals surface area contributed by atoms with Crippen molar-refractivity contribution >= 4 is 0 Å². The van der Waals surface area contributed by atoms with Gasteiger partial charge in [-0.2, -0.15) is 0 Å². The van der Waals surface area contributed by atoms with E-state index in [4.69, 9.17) is 30.4 Å². The van der Waals surface area contributed by atoms with Crippen molar-refractivity contribution in [2.75, 3.05) is 26.4 Å². The van der Waals surface area contributed by atoms with Gasteiger partial charge in [0.25, 0.3) is 0 Å². The second-order valence-electron chi connectivity index (χ2n) is 18.9.